The maximum absolute atomic E-state index is 13.4. The highest BCUT2D eigenvalue weighted by molar-refractivity contribution is 5.88. The van der Waals surface area contributed by atoms with Gasteiger partial charge < -0.3 is 10.4 Å². The highest BCUT2D eigenvalue weighted by Crippen LogP contribution is 2.31. The van der Waals surface area contributed by atoms with Crippen LogP contribution in [0.25, 0.3) is 0 Å². The van der Waals surface area contributed by atoms with Crippen molar-refractivity contribution < 1.29 is 31.9 Å². The van der Waals surface area contributed by atoms with Gasteiger partial charge in [0, 0.05) is 12.3 Å². The molecule has 0 unspecified atom stereocenters. The number of aromatic carboxylic acids is 1. The highest BCUT2D eigenvalue weighted by Gasteiger charge is 2.38. The summed E-state index contributed by atoms with van der Waals surface area (Å²) >= 11 is 0. The van der Waals surface area contributed by atoms with Gasteiger partial charge in [0.15, 0.2) is 5.69 Å². The molecule has 10 heteroatoms. The summed E-state index contributed by atoms with van der Waals surface area (Å²) in [5.74, 6) is -4.36. The van der Waals surface area contributed by atoms with Gasteiger partial charge in [-0.2, -0.15) is 13.2 Å². The average Bonchev–Trinajstić information content (AvgIpc) is 2.41. The van der Waals surface area contributed by atoms with Crippen molar-refractivity contribution in [1.29, 1.82) is 0 Å². The summed E-state index contributed by atoms with van der Waals surface area (Å²) in [6.45, 7) is 0. The number of carboxylic acid groups (broad SMARTS) is 1. The van der Waals surface area contributed by atoms with Crippen molar-refractivity contribution in [2.45, 2.75) is 6.18 Å². The molecule has 0 aliphatic carbocycles. The maximum atomic E-state index is 13.4. The maximum Gasteiger partial charge on any atom is 0.434 e. The number of aromatic nitrogens is 2. The Balaban J connectivity index is 2.45. The number of carbonyl (C=O) groups is 1. The van der Waals surface area contributed by atoms with Crippen molar-refractivity contribution in [2.24, 2.45) is 0 Å². The molecule has 0 bridgehead atoms. The first-order chi connectivity index (χ1) is 10.2. The molecule has 2 N–H and O–H groups in total. The number of hydrogen-bond donors (Lipinski definition) is 2. The summed E-state index contributed by atoms with van der Waals surface area (Å²) in [6.07, 6.45) is -4.62. The number of carboxylic acids is 1. The van der Waals surface area contributed by atoms with Gasteiger partial charge in [-0.15, -0.1) is 0 Å². The molecule has 116 valence electrons. The highest BCUT2D eigenvalue weighted by atomic mass is 19.4. The third kappa shape index (κ3) is 3.27. The second kappa shape index (κ2) is 5.54. The van der Waals surface area contributed by atoms with Crippen molar-refractivity contribution in [2.75, 3.05) is 5.32 Å². The lowest BCUT2D eigenvalue weighted by molar-refractivity contribution is -0.141. The van der Waals surface area contributed by atoms with Gasteiger partial charge in [0.25, 0.3) is 0 Å². The molecule has 0 saturated carbocycles. The molecule has 2 aromatic rings. The molecule has 5 nitrogen and oxygen atoms in total. The summed E-state index contributed by atoms with van der Waals surface area (Å²) < 4.78 is 64.6. The first-order valence-corrected chi connectivity index (χ1v) is 5.58. The van der Waals surface area contributed by atoms with Crippen LogP contribution in [0.15, 0.2) is 24.4 Å². The fraction of sp³-hybridized carbons (Fsp3) is 0.0833. The zero-order valence-electron chi connectivity index (χ0n) is 10.4. The van der Waals surface area contributed by atoms with Crippen molar-refractivity contribution in [3.05, 3.63) is 47.3 Å². The zero-order chi connectivity index (χ0) is 16.5. The van der Waals surface area contributed by atoms with E-state index in [0.717, 1.165) is 12.1 Å². The van der Waals surface area contributed by atoms with E-state index in [2.05, 4.69) is 15.3 Å². The normalized spacial score (nSPS) is 11.3. The number of hydrogen-bond acceptors (Lipinski definition) is 4. The SMILES string of the molecule is O=C(O)c1cnc(Nc2cc(F)ccc2F)nc1C(F)(F)F. The fourth-order valence-electron chi connectivity index (χ4n) is 1.53. The van der Waals surface area contributed by atoms with Gasteiger partial charge >= 0.3 is 12.1 Å². The largest absolute Gasteiger partial charge is 0.478 e. The fourth-order valence-corrected chi connectivity index (χ4v) is 1.53. The van der Waals surface area contributed by atoms with Crippen molar-refractivity contribution in [3.8, 4) is 0 Å². The number of benzene rings is 1. The lowest BCUT2D eigenvalue weighted by atomic mass is 10.2. The van der Waals surface area contributed by atoms with Gasteiger partial charge in [0.1, 0.15) is 17.2 Å². The summed E-state index contributed by atoms with van der Waals surface area (Å²) in [6, 6.07) is 2.26. The third-order valence-corrected chi connectivity index (χ3v) is 2.46. The Morgan fingerprint density at radius 2 is 1.91 bits per heavy atom. The predicted octanol–water partition coefficient (Wildman–Crippen LogP) is 3.22. The Kier molecular flexibility index (Phi) is 3.93. The number of rotatable bonds is 3. The molecular weight excluding hydrogens is 313 g/mol. The van der Waals surface area contributed by atoms with Crippen LogP contribution in [-0.4, -0.2) is 21.0 Å². The third-order valence-electron chi connectivity index (χ3n) is 2.46. The molecule has 0 atom stereocenters. The van der Waals surface area contributed by atoms with Crippen LogP contribution in [0.5, 0.6) is 0 Å². The van der Waals surface area contributed by atoms with Gasteiger partial charge in [-0.3, -0.25) is 0 Å². The van der Waals surface area contributed by atoms with Crippen LogP contribution >= 0.6 is 0 Å². The zero-order valence-corrected chi connectivity index (χ0v) is 10.4. The van der Waals surface area contributed by atoms with Crippen molar-refractivity contribution >= 4 is 17.6 Å². The lowest BCUT2D eigenvalue weighted by Gasteiger charge is -2.11. The molecule has 2 rings (SSSR count). The minimum Gasteiger partial charge on any atom is -0.478 e. The van der Waals surface area contributed by atoms with Crippen LogP contribution in [0.3, 0.4) is 0 Å². The smallest absolute Gasteiger partial charge is 0.434 e. The number of anilines is 2. The van der Waals surface area contributed by atoms with E-state index in [1.165, 1.54) is 0 Å². The standard InChI is InChI=1S/C12H6F5N3O2/c13-5-1-2-7(14)8(3-5)19-11-18-4-6(10(21)22)9(20-11)12(15,16)17/h1-4H,(H,21,22)(H,18,19,20). The molecule has 1 aromatic heterocycles. The van der Waals surface area contributed by atoms with Crippen LogP contribution < -0.4 is 5.32 Å². The Morgan fingerprint density at radius 3 is 2.50 bits per heavy atom. The van der Waals surface area contributed by atoms with E-state index in [4.69, 9.17) is 5.11 Å². The van der Waals surface area contributed by atoms with Crippen LogP contribution in [0, 0.1) is 11.6 Å². The van der Waals surface area contributed by atoms with E-state index >= 15 is 0 Å². The van der Waals surface area contributed by atoms with Crippen LogP contribution in [0.1, 0.15) is 16.1 Å². The van der Waals surface area contributed by atoms with Gasteiger partial charge in [-0.05, 0) is 12.1 Å². The molecular formula is C12H6F5N3O2. The van der Waals surface area contributed by atoms with E-state index < -0.39 is 46.7 Å². The summed E-state index contributed by atoms with van der Waals surface area (Å²) in [5, 5.41) is 10.7. The molecule has 0 radical (unpaired) electrons. The van der Waals surface area contributed by atoms with Crippen molar-refractivity contribution in [3.63, 3.8) is 0 Å². The van der Waals surface area contributed by atoms with E-state index in [1.807, 2.05) is 0 Å². The molecule has 0 amide bonds. The van der Waals surface area contributed by atoms with E-state index in [9.17, 15) is 26.7 Å². The number of nitrogens with zero attached hydrogens (tertiary/aromatic N) is 2. The first kappa shape index (κ1) is 15.6. The predicted molar refractivity (Wildman–Crippen MR) is 63.6 cm³/mol. The van der Waals surface area contributed by atoms with E-state index in [1.54, 1.807) is 0 Å². The van der Waals surface area contributed by atoms with Gasteiger partial charge in [0.2, 0.25) is 5.95 Å². The Hall–Kier alpha value is -2.78. The first-order valence-electron chi connectivity index (χ1n) is 5.58. The minimum absolute atomic E-state index is 0.428. The van der Waals surface area contributed by atoms with Gasteiger partial charge in [0.05, 0.1) is 5.69 Å². The topological polar surface area (TPSA) is 75.1 Å². The summed E-state index contributed by atoms with van der Waals surface area (Å²) in [4.78, 5) is 17.1. The number of alkyl halides is 3. The molecule has 0 fully saturated rings. The number of halogens is 5. The van der Waals surface area contributed by atoms with Crippen LogP contribution in [0.2, 0.25) is 0 Å². The monoisotopic (exact) mass is 319 g/mol. The van der Waals surface area contributed by atoms with E-state index in [0.29, 0.717) is 12.3 Å². The molecule has 0 spiro atoms. The molecule has 0 saturated heterocycles. The minimum atomic E-state index is -5.05. The Bertz CT molecular complexity index is 733. The lowest BCUT2D eigenvalue weighted by Crippen LogP contribution is -2.17. The summed E-state index contributed by atoms with van der Waals surface area (Å²) in [5.41, 5.74) is -3.34. The average molecular weight is 319 g/mol. The Morgan fingerprint density at radius 1 is 1.23 bits per heavy atom. The second-order valence-electron chi connectivity index (χ2n) is 4.01. The van der Waals surface area contributed by atoms with Gasteiger partial charge in [-0.1, -0.05) is 0 Å². The molecule has 22 heavy (non-hydrogen) atoms. The molecule has 1 aromatic carbocycles. The molecule has 0 aliphatic heterocycles. The summed E-state index contributed by atoms with van der Waals surface area (Å²) in [7, 11) is 0. The Labute approximate surface area is 119 Å². The van der Waals surface area contributed by atoms with Crippen LogP contribution in [0.4, 0.5) is 33.6 Å². The van der Waals surface area contributed by atoms with Crippen LogP contribution in [-0.2, 0) is 6.18 Å². The molecule has 0 aliphatic rings. The molecule has 1 heterocycles. The van der Waals surface area contributed by atoms with E-state index in [-0.39, 0.29) is 0 Å². The quantitative estimate of drug-likeness (QED) is 0.850. The second-order valence-corrected chi connectivity index (χ2v) is 4.01. The van der Waals surface area contributed by atoms with Gasteiger partial charge in [-0.25, -0.2) is 23.5 Å². The van der Waals surface area contributed by atoms with Crippen molar-refractivity contribution in [1.82, 2.24) is 9.97 Å². The number of nitrogens with one attached hydrogen (secondary N) is 1.